The molecule has 1 aromatic heterocycles. The maximum Gasteiger partial charge on any atom is 0.0830 e. The molecule has 1 aliphatic heterocycles. The molecule has 2 rings (SSSR count). The Bertz CT molecular complexity index is 330. The lowest BCUT2D eigenvalue weighted by molar-refractivity contribution is 0.752. The van der Waals surface area contributed by atoms with Gasteiger partial charge in [0.2, 0.25) is 0 Å². The Morgan fingerprint density at radius 3 is 3.00 bits per heavy atom. The fourth-order valence-electron chi connectivity index (χ4n) is 1.76. The predicted molar refractivity (Wildman–Crippen MR) is 69.2 cm³/mol. The summed E-state index contributed by atoms with van der Waals surface area (Å²) < 4.78 is 0.722. The number of thiol groups is 1. The molecule has 0 aliphatic carbocycles. The second-order valence-electron chi connectivity index (χ2n) is 3.33. The normalized spacial score (nSPS) is 26.4. The SMILES string of the molecule is S=C(S)C1(c2cccnc2)CCCS1. The largest absolute Gasteiger partial charge is 0.264 e. The van der Waals surface area contributed by atoms with Crippen molar-refractivity contribution in [1.29, 1.82) is 0 Å². The molecule has 1 atom stereocenters. The van der Waals surface area contributed by atoms with E-state index in [0.717, 1.165) is 16.4 Å². The quantitative estimate of drug-likeness (QED) is 0.632. The van der Waals surface area contributed by atoms with Crippen LogP contribution in [0.25, 0.3) is 0 Å². The highest BCUT2D eigenvalue weighted by Gasteiger charge is 2.39. The van der Waals surface area contributed by atoms with Crippen molar-refractivity contribution in [3.8, 4) is 0 Å². The van der Waals surface area contributed by atoms with Crippen LogP contribution in [0.3, 0.4) is 0 Å². The third-order valence-electron chi connectivity index (χ3n) is 2.49. The van der Waals surface area contributed by atoms with Crippen LogP contribution >= 0.6 is 36.6 Å². The van der Waals surface area contributed by atoms with E-state index in [4.69, 9.17) is 12.2 Å². The summed E-state index contributed by atoms with van der Waals surface area (Å²) in [6, 6.07) is 4.05. The first kappa shape index (κ1) is 10.5. The average molecular weight is 241 g/mol. The van der Waals surface area contributed by atoms with Gasteiger partial charge in [0.25, 0.3) is 0 Å². The van der Waals surface area contributed by atoms with Gasteiger partial charge >= 0.3 is 0 Å². The van der Waals surface area contributed by atoms with Crippen molar-refractivity contribution in [3.63, 3.8) is 0 Å². The zero-order valence-electron chi connectivity index (χ0n) is 7.64. The second kappa shape index (κ2) is 4.21. The molecule has 1 unspecified atom stereocenters. The second-order valence-corrected chi connectivity index (χ2v) is 5.88. The van der Waals surface area contributed by atoms with E-state index in [1.165, 1.54) is 12.0 Å². The van der Waals surface area contributed by atoms with Gasteiger partial charge in [-0.3, -0.25) is 4.98 Å². The zero-order chi connectivity index (χ0) is 10.0. The molecule has 14 heavy (non-hydrogen) atoms. The monoisotopic (exact) mass is 241 g/mol. The minimum Gasteiger partial charge on any atom is -0.264 e. The summed E-state index contributed by atoms with van der Waals surface area (Å²) in [5.41, 5.74) is 1.20. The summed E-state index contributed by atoms with van der Waals surface area (Å²) in [5, 5.41) is 0. The summed E-state index contributed by atoms with van der Waals surface area (Å²) in [7, 11) is 0. The van der Waals surface area contributed by atoms with Gasteiger partial charge in [-0.15, -0.1) is 24.4 Å². The number of hydrogen-bond donors (Lipinski definition) is 1. The van der Waals surface area contributed by atoms with Gasteiger partial charge in [0.15, 0.2) is 0 Å². The molecule has 0 bridgehead atoms. The van der Waals surface area contributed by atoms with Crippen LogP contribution in [0.1, 0.15) is 18.4 Å². The van der Waals surface area contributed by atoms with Crippen LogP contribution in [0.5, 0.6) is 0 Å². The Kier molecular flexibility index (Phi) is 3.14. The van der Waals surface area contributed by atoms with Gasteiger partial charge in [0.05, 0.1) is 8.94 Å². The molecular weight excluding hydrogens is 230 g/mol. The first-order valence-electron chi connectivity index (χ1n) is 4.53. The lowest BCUT2D eigenvalue weighted by Gasteiger charge is -2.26. The number of hydrogen-bond acceptors (Lipinski definition) is 3. The maximum absolute atomic E-state index is 5.27. The molecule has 0 N–H and O–H groups in total. The lowest BCUT2D eigenvalue weighted by atomic mass is 9.97. The summed E-state index contributed by atoms with van der Waals surface area (Å²) >= 11 is 11.5. The van der Waals surface area contributed by atoms with E-state index in [-0.39, 0.29) is 4.75 Å². The van der Waals surface area contributed by atoms with Gasteiger partial charge in [-0.1, -0.05) is 18.3 Å². The van der Waals surface area contributed by atoms with Crippen molar-refractivity contribution in [3.05, 3.63) is 30.1 Å². The van der Waals surface area contributed by atoms with Crippen LogP contribution in [-0.2, 0) is 4.75 Å². The standard InChI is InChI=1S/C10H11NS3/c12-9(13)10(4-2-6-14-10)8-3-1-5-11-7-8/h1,3,5,7H,2,4,6H2,(H,12,13). The fraction of sp³-hybridized carbons (Fsp3) is 0.400. The third-order valence-corrected chi connectivity index (χ3v) is 5.14. The molecule has 1 saturated heterocycles. The van der Waals surface area contributed by atoms with Gasteiger partial charge < -0.3 is 0 Å². The average Bonchev–Trinajstić information content (AvgIpc) is 2.69. The smallest absolute Gasteiger partial charge is 0.0830 e. The number of thiocarbonyl (C=S) groups is 1. The molecule has 1 fully saturated rings. The number of rotatable bonds is 2. The van der Waals surface area contributed by atoms with E-state index in [0.29, 0.717) is 0 Å². The Balaban J connectivity index is 2.42. The van der Waals surface area contributed by atoms with Crippen LogP contribution in [0.15, 0.2) is 24.5 Å². The van der Waals surface area contributed by atoms with Crippen LogP contribution in [-0.4, -0.2) is 14.9 Å². The number of aromatic nitrogens is 1. The molecule has 1 aromatic rings. The fourth-order valence-corrected chi connectivity index (χ4v) is 3.93. The van der Waals surface area contributed by atoms with Crippen LogP contribution < -0.4 is 0 Å². The number of nitrogens with zero attached hydrogens (tertiary/aromatic N) is 1. The van der Waals surface area contributed by atoms with Crippen LogP contribution in [0, 0.1) is 0 Å². The Morgan fingerprint density at radius 1 is 1.64 bits per heavy atom. The molecule has 2 heterocycles. The van der Waals surface area contributed by atoms with Gasteiger partial charge in [-0.25, -0.2) is 0 Å². The van der Waals surface area contributed by atoms with E-state index in [9.17, 15) is 0 Å². The van der Waals surface area contributed by atoms with E-state index in [1.54, 1.807) is 6.20 Å². The minimum atomic E-state index is -0.0628. The topological polar surface area (TPSA) is 12.9 Å². The highest BCUT2D eigenvalue weighted by atomic mass is 32.2. The van der Waals surface area contributed by atoms with Crippen molar-refractivity contribution in [1.82, 2.24) is 4.98 Å². The summed E-state index contributed by atoms with van der Waals surface area (Å²) in [4.78, 5) is 4.15. The Morgan fingerprint density at radius 2 is 2.50 bits per heavy atom. The molecule has 0 radical (unpaired) electrons. The van der Waals surface area contributed by atoms with E-state index in [1.807, 2.05) is 24.0 Å². The van der Waals surface area contributed by atoms with Gasteiger partial charge in [0, 0.05) is 12.4 Å². The molecule has 0 amide bonds. The molecular formula is C10H11NS3. The number of pyridine rings is 1. The van der Waals surface area contributed by atoms with Crippen LogP contribution in [0.2, 0.25) is 0 Å². The first-order chi connectivity index (χ1) is 6.76. The maximum atomic E-state index is 5.27. The Labute approximate surface area is 99.1 Å². The number of thioether (sulfide) groups is 1. The first-order valence-corrected chi connectivity index (χ1v) is 6.38. The van der Waals surface area contributed by atoms with E-state index >= 15 is 0 Å². The van der Waals surface area contributed by atoms with Crippen molar-refractivity contribution in [2.75, 3.05) is 5.75 Å². The molecule has 1 nitrogen and oxygen atoms in total. The molecule has 0 aromatic carbocycles. The van der Waals surface area contributed by atoms with Gasteiger partial charge in [0.1, 0.15) is 0 Å². The van der Waals surface area contributed by atoms with Gasteiger partial charge in [-0.05, 0) is 30.2 Å². The third kappa shape index (κ3) is 1.71. The highest BCUT2D eigenvalue weighted by molar-refractivity contribution is 8.15. The summed E-state index contributed by atoms with van der Waals surface area (Å²) in [6.07, 6.45) is 5.99. The van der Waals surface area contributed by atoms with Crippen molar-refractivity contribution in [2.45, 2.75) is 17.6 Å². The van der Waals surface area contributed by atoms with E-state index in [2.05, 4.69) is 23.7 Å². The van der Waals surface area contributed by atoms with E-state index < -0.39 is 0 Å². The lowest BCUT2D eigenvalue weighted by Crippen LogP contribution is -2.24. The molecule has 0 spiro atoms. The summed E-state index contributed by atoms with van der Waals surface area (Å²) in [6.45, 7) is 0. The molecule has 0 saturated carbocycles. The van der Waals surface area contributed by atoms with Crippen molar-refractivity contribution < 1.29 is 0 Å². The highest BCUT2D eigenvalue weighted by Crippen LogP contribution is 2.48. The van der Waals surface area contributed by atoms with Crippen molar-refractivity contribution >= 4 is 40.8 Å². The molecule has 1 aliphatic rings. The molecule has 74 valence electrons. The summed E-state index contributed by atoms with van der Waals surface area (Å²) in [5.74, 6) is 1.16. The minimum absolute atomic E-state index is 0.0628. The van der Waals surface area contributed by atoms with Gasteiger partial charge in [-0.2, -0.15) is 0 Å². The van der Waals surface area contributed by atoms with Crippen molar-refractivity contribution in [2.24, 2.45) is 0 Å². The Hall–Kier alpha value is -0.0600. The molecule has 4 heteroatoms. The predicted octanol–water partition coefficient (Wildman–Crippen LogP) is 3.06. The van der Waals surface area contributed by atoms with Crippen LogP contribution in [0.4, 0.5) is 0 Å². The zero-order valence-corrected chi connectivity index (χ0v) is 10.2.